The summed E-state index contributed by atoms with van der Waals surface area (Å²) in [5.74, 6) is -0.0552. The van der Waals surface area contributed by atoms with Crippen molar-refractivity contribution >= 4 is 11.6 Å². The van der Waals surface area contributed by atoms with Crippen molar-refractivity contribution in [1.82, 2.24) is 15.1 Å². The molecule has 2 N–H and O–H groups in total. The maximum Gasteiger partial charge on any atom is 0.241 e. The van der Waals surface area contributed by atoms with Gasteiger partial charge in [-0.25, -0.2) is 4.68 Å². The van der Waals surface area contributed by atoms with Gasteiger partial charge in [0.1, 0.15) is 0 Å². The van der Waals surface area contributed by atoms with Gasteiger partial charge in [0.05, 0.1) is 11.7 Å². The maximum atomic E-state index is 12.3. The van der Waals surface area contributed by atoms with Crippen LogP contribution in [-0.4, -0.2) is 21.7 Å². The molecule has 1 atom stereocenters. The number of carbonyl (C=O) groups is 1. The Kier molecular flexibility index (Phi) is 5.26. The molecule has 0 aliphatic rings. The Bertz CT molecular complexity index is 825. The van der Waals surface area contributed by atoms with Gasteiger partial charge in [-0.3, -0.25) is 4.79 Å². The van der Waals surface area contributed by atoms with Gasteiger partial charge in [-0.1, -0.05) is 35.9 Å². The van der Waals surface area contributed by atoms with Gasteiger partial charge in [0, 0.05) is 24.6 Å². The Hall–Kier alpha value is -2.92. The number of nitrogens with zero attached hydrogens (tertiary/aromatic N) is 2. The second-order valence-corrected chi connectivity index (χ2v) is 6.04. The van der Waals surface area contributed by atoms with Crippen LogP contribution < -0.4 is 10.6 Å². The third kappa shape index (κ3) is 4.33. The van der Waals surface area contributed by atoms with E-state index in [1.165, 1.54) is 5.56 Å². The lowest BCUT2D eigenvalue weighted by atomic mass is 10.1. The largest absolute Gasteiger partial charge is 0.325 e. The molecular formula is C20H22N4O. The number of anilines is 1. The molecular weight excluding hydrogens is 312 g/mol. The second-order valence-electron chi connectivity index (χ2n) is 6.04. The molecule has 1 unspecified atom stereocenters. The number of rotatable bonds is 6. The van der Waals surface area contributed by atoms with Crippen LogP contribution in [0.25, 0.3) is 5.69 Å². The molecule has 5 heteroatoms. The quantitative estimate of drug-likeness (QED) is 0.727. The van der Waals surface area contributed by atoms with Crippen LogP contribution in [0.15, 0.2) is 67.0 Å². The molecule has 3 rings (SSSR count). The number of carbonyl (C=O) groups excluding carboxylic acids is 1. The summed E-state index contributed by atoms with van der Waals surface area (Å²) >= 11 is 0. The summed E-state index contributed by atoms with van der Waals surface area (Å²) in [6.45, 7) is 4.46. The fourth-order valence-electron chi connectivity index (χ4n) is 2.54. The van der Waals surface area contributed by atoms with Crippen molar-refractivity contribution in [2.45, 2.75) is 26.4 Å². The summed E-state index contributed by atoms with van der Waals surface area (Å²) in [7, 11) is 0. The van der Waals surface area contributed by atoms with Crippen LogP contribution in [0.2, 0.25) is 0 Å². The molecule has 128 valence electrons. The van der Waals surface area contributed by atoms with Gasteiger partial charge < -0.3 is 10.6 Å². The van der Waals surface area contributed by atoms with Gasteiger partial charge in [0.25, 0.3) is 0 Å². The Morgan fingerprint density at radius 3 is 2.60 bits per heavy atom. The van der Waals surface area contributed by atoms with Crippen molar-refractivity contribution in [1.29, 1.82) is 0 Å². The van der Waals surface area contributed by atoms with Crippen LogP contribution in [0.4, 0.5) is 5.69 Å². The first-order valence-corrected chi connectivity index (χ1v) is 8.32. The Labute approximate surface area is 147 Å². The van der Waals surface area contributed by atoms with Crippen molar-refractivity contribution in [3.8, 4) is 5.69 Å². The summed E-state index contributed by atoms with van der Waals surface area (Å²) < 4.78 is 1.83. The normalized spacial score (nSPS) is 11.9. The number of benzene rings is 2. The van der Waals surface area contributed by atoms with Crippen molar-refractivity contribution in [3.05, 3.63) is 78.1 Å². The van der Waals surface area contributed by atoms with Gasteiger partial charge in [0.2, 0.25) is 5.91 Å². The van der Waals surface area contributed by atoms with Gasteiger partial charge in [-0.2, -0.15) is 5.10 Å². The van der Waals surface area contributed by atoms with Crippen LogP contribution in [0.3, 0.4) is 0 Å². The van der Waals surface area contributed by atoms with E-state index in [2.05, 4.69) is 15.7 Å². The molecule has 0 radical (unpaired) electrons. The zero-order chi connectivity index (χ0) is 17.6. The maximum absolute atomic E-state index is 12.3. The minimum Gasteiger partial charge on any atom is -0.325 e. The van der Waals surface area contributed by atoms with E-state index in [0.717, 1.165) is 16.9 Å². The van der Waals surface area contributed by atoms with Crippen LogP contribution in [-0.2, 0) is 11.3 Å². The average Bonchev–Trinajstić information content (AvgIpc) is 3.16. The number of para-hydroxylation sites is 1. The third-order valence-corrected chi connectivity index (χ3v) is 4.05. The molecule has 0 fully saturated rings. The Morgan fingerprint density at radius 1 is 1.12 bits per heavy atom. The topological polar surface area (TPSA) is 59.0 Å². The summed E-state index contributed by atoms with van der Waals surface area (Å²) in [6, 6.07) is 17.4. The minimum atomic E-state index is -0.313. The summed E-state index contributed by atoms with van der Waals surface area (Å²) in [5.41, 5.74) is 4.06. The zero-order valence-corrected chi connectivity index (χ0v) is 14.4. The number of aromatic nitrogens is 2. The van der Waals surface area contributed by atoms with E-state index in [1.807, 2.05) is 79.3 Å². The highest BCUT2D eigenvalue weighted by atomic mass is 16.2. The molecule has 5 nitrogen and oxygen atoms in total. The molecule has 0 saturated carbocycles. The van der Waals surface area contributed by atoms with Crippen LogP contribution in [0, 0.1) is 6.92 Å². The second kappa shape index (κ2) is 7.77. The van der Waals surface area contributed by atoms with E-state index in [-0.39, 0.29) is 11.9 Å². The SMILES string of the molecule is Cc1ccc(NC(=O)C(C)NCc2ccccc2-n2cccn2)cc1. The molecule has 0 aliphatic heterocycles. The number of nitrogens with one attached hydrogen (secondary N) is 2. The predicted molar refractivity (Wildman–Crippen MR) is 99.7 cm³/mol. The first kappa shape index (κ1) is 16.9. The number of hydrogen-bond acceptors (Lipinski definition) is 3. The van der Waals surface area contributed by atoms with Crippen LogP contribution >= 0.6 is 0 Å². The predicted octanol–water partition coefficient (Wildman–Crippen LogP) is 3.30. The van der Waals surface area contributed by atoms with Gasteiger partial charge in [-0.15, -0.1) is 0 Å². The van der Waals surface area contributed by atoms with Crippen molar-refractivity contribution < 1.29 is 4.79 Å². The Balaban J connectivity index is 1.61. The van der Waals surface area contributed by atoms with E-state index in [9.17, 15) is 4.79 Å². The molecule has 0 bridgehead atoms. The molecule has 0 saturated heterocycles. The first-order chi connectivity index (χ1) is 12.1. The first-order valence-electron chi connectivity index (χ1n) is 8.32. The highest BCUT2D eigenvalue weighted by Gasteiger charge is 2.13. The number of aryl methyl sites for hydroxylation is 1. The fourth-order valence-corrected chi connectivity index (χ4v) is 2.54. The lowest BCUT2D eigenvalue weighted by Gasteiger charge is -2.16. The van der Waals surface area contributed by atoms with E-state index < -0.39 is 0 Å². The summed E-state index contributed by atoms with van der Waals surface area (Å²) in [4.78, 5) is 12.3. The highest BCUT2D eigenvalue weighted by Crippen LogP contribution is 2.14. The van der Waals surface area contributed by atoms with Crippen molar-refractivity contribution in [3.63, 3.8) is 0 Å². The molecule has 0 spiro atoms. The summed E-state index contributed by atoms with van der Waals surface area (Å²) in [5, 5.41) is 10.5. The Morgan fingerprint density at radius 2 is 1.88 bits per heavy atom. The van der Waals surface area contributed by atoms with Gasteiger partial charge >= 0.3 is 0 Å². The molecule has 3 aromatic rings. The molecule has 2 aromatic carbocycles. The van der Waals surface area contributed by atoms with Gasteiger partial charge in [-0.05, 0) is 43.7 Å². The highest BCUT2D eigenvalue weighted by molar-refractivity contribution is 5.94. The molecule has 0 aliphatic carbocycles. The molecule has 25 heavy (non-hydrogen) atoms. The smallest absolute Gasteiger partial charge is 0.241 e. The standard InChI is InChI=1S/C20H22N4O/c1-15-8-10-18(11-9-15)23-20(25)16(2)21-14-17-6-3-4-7-19(17)24-13-5-12-22-24/h3-13,16,21H,14H2,1-2H3,(H,23,25). The minimum absolute atomic E-state index is 0.0552. The monoisotopic (exact) mass is 334 g/mol. The molecule has 1 amide bonds. The van der Waals surface area contributed by atoms with Crippen LogP contribution in [0.5, 0.6) is 0 Å². The average molecular weight is 334 g/mol. The lowest BCUT2D eigenvalue weighted by molar-refractivity contribution is -0.117. The number of hydrogen-bond donors (Lipinski definition) is 2. The fraction of sp³-hybridized carbons (Fsp3) is 0.200. The van der Waals surface area contributed by atoms with E-state index in [1.54, 1.807) is 6.20 Å². The third-order valence-electron chi connectivity index (χ3n) is 4.05. The van der Waals surface area contributed by atoms with Crippen molar-refractivity contribution in [2.24, 2.45) is 0 Å². The van der Waals surface area contributed by atoms with Crippen molar-refractivity contribution in [2.75, 3.05) is 5.32 Å². The van der Waals surface area contributed by atoms with Crippen LogP contribution in [0.1, 0.15) is 18.1 Å². The zero-order valence-electron chi connectivity index (χ0n) is 14.4. The summed E-state index contributed by atoms with van der Waals surface area (Å²) in [6.07, 6.45) is 3.66. The van der Waals surface area contributed by atoms with E-state index in [4.69, 9.17) is 0 Å². The van der Waals surface area contributed by atoms with E-state index in [0.29, 0.717) is 6.54 Å². The molecule has 1 heterocycles. The number of amides is 1. The lowest BCUT2D eigenvalue weighted by Crippen LogP contribution is -2.37. The molecule has 1 aromatic heterocycles. The van der Waals surface area contributed by atoms with Gasteiger partial charge in [0.15, 0.2) is 0 Å². The van der Waals surface area contributed by atoms with E-state index >= 15 is 0 Å².